The fourth-order valence-corrected chi connectivity index (χ4v) is 4.63. The zero-order chi connectivity index (χ0) is 21.0. The number of phenolic OH excluding ortho intramolecular Hbond substituents is 2. The summed E-state index contributed by atoms with van der Waals surface area (Å²) in [6.07, 6.45) is 0.964. The molecule has 7 heteroatoms. The molecule has 0 saturated carbocycles. The van der Waals surface area contributed by atoms with Gasteiger partial charge in [0.15, 0.2) is 6.23 Å². The van der Waals surface area contributed by atoms with Gasteiger partial charge in [-0.1, -0.05) is 29.8 Å². The summed E-state index contributed by atoms with van der Waals surface area (Å²) < 4.78 is 1.93. The van der Waals surface area contributed by atoms with Crippen LogP contribution in [0.25, 0.3) is 32.9 Å². The number of halogens is 1. The molecule has 0 bridgehead atoms. The molecule has 1 aromatic heterocycles. The largest absolute Gasteiger partial charge is 0.508 e. The number of aliphatic hydroxyl groups excluding tert-OH is 2. The molecule has 1 aliphatic heterocycles. The molecule has 0 aliphatic carbocycles. The summed E-state index contributed by atoms with van der Waals surface area (Å²) in [5, 5.41) is 43.5. The molecule has 1 atom stereocenters. The first-order valence-electron chi connectivity index (χ1n) is 9.63. The number of benzene rings is 3. The van der Waals surface area contributed by atoms with E-state index in [1.165, 1.54) is 0 Å². The Hall–Kier alpha value is -3.06. The predicted octanol–water partition coefficient (Wildman–Crippen LogP) is 4.33. The molecule has 4 N–H and O–H groups in total. The van der Waals surface area contributed by atoms with Crippen LogP contribution >= 0.6 is 11.6 Å². The fourth-order valence-electron chi connectivity index (χ4n) is 4.40. The van der Waals surface area contributed by atoms with Crippen molar-refractivity contribution >= 4 is 39.6 Å². The van der Waals surface area contributed by atoms with Gasteiger partial charge in [0.2, 0.25) is 0 Å². The number of aliphatic hydroxyl groups is 2. The van der Waals surface area contributed by atoms with E-state index in [2.05, 4.69) is 4.99 Å². The molecule has 0 radical (unpaired) electrons. The third-order valence-electron chi connectivity index (χ3n) is 5.62. The van der Waals surface area contributed by atoms with Crippen molar-refractivity contribution in [1.29, 1.82) is 0 Å². The molecule has 6 nitrogen and oxygen atoms in total. The Morgan fingerprint density at radius 3 is 2.67 bits per heavy atom. The van der Waals surface area contributed by atoms with Gasteiger partial charge in [0, 0.05) is 62.9 Å². The molecular weight excluding hydrogens is 404 g/mol. The predicted molar refractivity (Wildman–Crippen MR) is 117 cm³/mol. The van der Waals surface area contributed by atoms with E-state index < -0.39 is 6.23 Å². The van der Waals surface area contributed by atoms with E-state index in [1.807, 2.05) is 10.6 Å². The van der Waals surface area contributed by atoms with Crippen molar-refractivity contribution in [3.05, 3.63) is 58.6 Å². The Balaban J connectivity index is 2.00. The van der Waals surface area contributed by atoms with E-state index in [1.54, 1.807) is 42.6 Å². The van der Waals surface area contributed by atoms with Crippen molar-refractivity contribution in [1.82, 2.24) is 4.57 Å². The smallest absolute Gasteiger partial charge is 0.172 e. The summed E-state index contributed by atoms with van der Waals surface area (Å²) in [5.74, 6) is 0.0812. The molecule has 1 unspecified atom stereocenters. The highest BCUT2D eigenvalue weighted by Crippen LogP contribution is 2.50. The summed E-state index contributed by atoms with van der Waals surface area (Å²) in [7, 11) is 0. The van der Waals surface area contributed by atoms with Gasteiger partial charge in [0.25, 0.3) is 0 Å². The van der Waals surface area contributed by atoms with Crippen LogP contribution in [0.5, 0.6) is 11.5 Å². The molecule has 5 rings (SSSR count). The Kier molecular flexibility index (Phi) is 4.43. The van der Waals surface area contributed by atoms with Gasteiger partial charge in [-0.3, -0.25) is 4.99 Å². The topological polar surface area (TPSA) is 98.2 Å². The van der Waals surface area contributed by atoms with Crippen LogP contribution in [0.4, 0.5) is 0 Å². The second-order valence-electron chi connectivity index (χ2n) is 7.34. The minimum atomic E-state index is -1.13. The van der Waals surface area contributed by atoms with Crippen LogP contribution in [0.3, 0.4) is 0 Å². The second-order valence-corrected chi connectivity index (χ2v) is 7.74. The number of aryl methyl sites for hydroxylation is 1. The Bertz CT molecular complexity index is 1340. The third kappa shape index (κ3) is 2.61. The molecule has 0 saturated heterocycles. The SMILES string of the molecule is OCCCn1c2ccc(O)cc2c2c3c(c(-c4ccccc4Cl)c(O)c21)C(O)N=C3. The van der Waals surface area contributed by atoms with Crippen LogP contribution in [0.2, 0.25) is 5.02 Å². The molecule has 4 aromatic rings. The van der Waals surface area contributed by atoms with Crippen LogP contribution in [0, 0.1) is 0 Å². The summed E-state index contributed by atoms with van der Waals surface area (Å²) in [6.45, 7) is 0.470. The van der Waals surface area contributed by atoms with Gasteiger partial charge in [-0.25, -0.2) is 0 Å². The number of nitrogens with zero attached hydrogens (tertiary/aromatic N) is 2. The van der Waals surface area contributed by atoms with Crippen molar-refractivity contribution in [2.24, 2.45) is 4.99 Å². The Morgan fingerprint density at radius 1 is 1.10 bits per heavy atom. The number of hydrogen-bond donors (Lipinski definition) is 4. The Morgan fingerprint density at radius 2 is 1.90 bits per heavy atom. The molecule has 30 heavy (non-hydrogen) atoms. The van der Waals surface area contributed by atoms with E-state index >= 15 is 0 Å². The maximum atomic E-state index is 11.5. The highest BCUT2D eigenvalue weighted by Gasteiger charge is 2.31. The number of rotatable bonds is 4. The van der Waals surface area contributed by atoms with Gasteiger partial charge in [-0.2, -0.15) is 0 Å². The van der Waals surface area contributed by atoms with E-state index in [4.69, 9.17) is 11.6 Å². The number of aromatic nitrogens is 1. The fraction of sp³-hybridized carbons (Fsp3) is 0.174. The first kappa shape index (κ1) is 18.9. The van der Waals surface area contributed by atoms with E-state index in [-0.39, 0.29) is 18.1 Å². The lowest BCUT2D eigenvalue weighted by Crippen LogP contribution is -2.03. The minimum Gasteiger partial charge on any atom is -0.508 e. The first-order chi connectivity index (χ1) is 14.5. The highest BCUT2D eigenvalue weighted by atomic mass is 35.5. The van der Waals surface area contributed by atoms with Gasteiger partial charge in [-0.05, 0) is 30.7 Å². The van der Waals surface area contributed by atoms with Crippen LogP contribution in [-0.2, 0) is 6.54 Å². The molecule has 1 aliphatic rings. The van der Waals surface area contributed by atoms with E-state index in [0.29, 0.717) is 51.1 Å². The number of aliphatic imine (C=N–C) groups is 1. The van der Waals surface area contributed by atoms with Crippen LogP contribution in [-0.4, -0.2) is 37.8 Å². The number of aromatic hydroxyl groups is 2. The minimum absolute atomic E-state index is 0.00248. The van der Waals surface area contributed by atoms with Gasteiger partial charge in [0.1, 0.15) is 11.5 Å². The monoisotopic (exact) mass is 422 g/mol. The zero-order valence-corrected chi connectivity index (χ0v) is 16.6. The quantitative estimate of drug-likeness (QED) is 0.393. The zero-order valence-electron chi connectivity index (χ0n) is 15.9. The average molecular weight is 423 g/mol. The lowest BCUT2D eigenvalue weighted by Gasteiger charge is -2.17. The van der Waals surface area contributed by atoms with Crippen LogP contribution in [0.1, 0.15) is 23.8 Å². The summed E-state index contributed by atoms with van der Waals surface area (Å²) in [6, 6.07) is 12.2. The third-order valence-corrected chi connectivity index (χ3v) is 5.95. The lowest BCUT2D eigenvalue weighted by molar-refractivity contribution is 0.193. The second kappa shape index (κ2) is 7.02. The highest BCUT2D eigenvalue weighted by molar-refractivity contribution is 6.34. The molecule has 2 heterocycles. The maximum Gasteiger partial charge on any atom is 0.172 e. The van der Waals surface area contributed by atoms with Gasteiger partial charge < -0.3 is 25.0 Å². The summed E-state index contributed by atoms with van der Waals surface area (Å²) in [4.78, 5) is 4.18. The molecule has 3 aromatic carbocycles. The van der Waals surface area contributed by atoms with Crippen molar-refractivity contribution < 1.29 is 20.4 Å². The molecule has 0 fully saturated rings. The molecule has 0 amide bonds. The standard InChI is InChI=1S/C23H19ClN2O4/c24-16-5-2-1-4-13(16)19-20-15(11-25-23(20)30)18-14-10-12(28)6-7-17(14)26(8-3-9-27)21(18)22(19)29/h1-2,4-7,10-11,23,27-30H,3,8-9H2. The number of hydrogen-bond acceptors (Lipinski definition) is 5. The van der Waals surface area contributed by atoms with Gasteiger partial charge in [0.05, 0.1) is 5.52 Å². The van der Waals surface area contributed by atoms with E-state index in [9.17, 15) is 20.4 Å². The molecule has 152 valence electrons. The van der Waals surface area contributed by atoms with Gasteiger partial charge >= 0.3 is 0 Å². The van der Waals surface area contributed by atoms with Crippen LogP contribution < -0.4 is 0 Å². The Labute approximate surface area is 176 Å². The molecule has 0 spiro atoms. The normalized spacial score (nSPS) is 15.4. The van der Waals surface area contributed by atoms with Crippen LogP contribution in [0.15, 0.2) is 47.5 Å². The summed E-state index contributed by atoms with van der Waals surface area (Å²) >= 11 is 6.45. The molecular formula is C23H19ClN2O4. The van der Waals surface area contributed by atoms with E-state index in [0.717, 1.165) is 10.9 Å². The average Bonchev–Trinajstić information content (AvgIpc) is 3.26. The first-order valence-corrected chi connectivity index (χ1v) is 10.0. The van der Waals surface area contributed by atoms with Crippen molar-refractivity contribution in [2.75, 3.05) is 6.61 Å². The lowest BCUT2D eigenvalue weighted by atomic mass is 9.91. The van der Waals surface area contributed by atoms with Crippen molar-refractivity contribution in [2.45, 2.75) is 19.2 Å². The summed E-state index contributed by atoms with van der Waals surface area (Å²) in [5.41, 5.74) is 3.56. The van der Waals surface area contributed by atoms with Crippen molar-refractivity contribution in [3.63, 3.8) is 0 Å². The number of phenols is 2. The van der Waals surface area contributed by atoms with Crippen molar-refractivity contribution in [3.8, 4) is 22.6 Å². The number of fused-ring (bicyclic) bond motifs is 5. The maximum absolute atomic E-state index is 11.5. The van der Waals surface area contributed by atoms with Gasteiger partial charge in [-0.15, -0.1) is 0 Å².